The number of carbonyl (C=O) groups excluding carboxylic acids is 1. The molecule has 0 saturated carbocycles. The second kappa shape index (κ2) is 9.23. The van der Waals surface area contributed by atoms with Crippen LogP contribution >= 0.6 is 0 Å². The van der Waals surface area contributed by atoms with E-state index in [1.165, 1.54) is 19.3 Å². The molecule has 0 aliphatic carbocycles. The maximum absolute atomic E-state index is 11.8. The quantitative estimate of drug-likeness (QED) is 0.537. The first-order valence-electron chi connectivity index (χ1n) is 7.49. The molecule has 0 aromatic heterocycles. The van der Waals surface area contributed by atoms with Crippen LogP contribution in [-0.4, -0.2) is 19.1 Å². The standard InChI is InChI=1S/C16H26N2O2/c1-3-5-6-7-11-20-15-9-8-13(12-14(15)17)16(19)18-10-4-2/h8-9,12H,3-7,10-11,17H2,1-2H3,(H,18,19). The second-order valence-electron chi connectivity index (χ2n) is 4.92. The number of nitrogens with two attached hydrogens (primary N) is 1. The van der Waals surface area contributed by atoms with E-state index < -0.39 is 0 Å². The van der Waals surface area contributed by atoms with Gasteiger partial charge in [0.1, 0.15) is 5.75 Å². The average Bonchev–Trinajstić information content (AvgIpc) is 2.46. The highest BCUT2D eigenvalue weighted by Crippen LogP contribution is 2.22. The van der Waals surface area contributed by atoms with Crippen molar-refractivity contribution in [2.24, 2.45) is 0 Å². The molecule has 1 rings (SSSR count). The van der Waals surface area contributed by atoms with Crippen molar-refractivity contribution in [3.05, 3.63) is 23.8 Å². The molecule has 1 amide bonds. The summed E-state index contributed by atoms with van der Waals surface area (Å²) in [6, 6.07) is 5.20. The molecule has 0 spiro atoms. The lowest BCUT2D eigenvalue weighted by Crippen LogP contribution is -2.24. The topological polar surface area (TPSA) is 64.3 Å². The summed E-state index contributed by atoms with van der Waals surface area (Å²) in [5.41, 5.74) is 7.02. The van der Waals surface area contributed by atoms with Gasteiger partial charge in [-0.15, -0.1) is 0 Å². The number of hydrogen-bond donors (Lipinski definition) is 2. The van der Waals surface area contributed by atoms with Crippen LogP contribution in [0, 0.1) is 0 Å². The third-order valence-corrected chi connectivity index (χ3v) is 3.06. The molecular formula is C16H26N2O2. The summed E-state index contributed by atoms with van der Waals surface area (Å²) >= 11 is 0. The molecule has 3 N–H and O–H groups in total. The van der Waals surface area contributed by atoms with Crippen molar-refractivity contribution >= 4 is 11.6 Å². The van der Waals surface area contributed by atoms with Gasteiger partial charge in [-0.2, -0.15) is 0 Å². The minimum Gasteiger partial charge on any atom is -0.491 e. The van der Waals surface area contributed by atoms with Crippen LogP contribution in [0.15, 0.2) is 18.2 Å². The van der Waals surface area contributed by atoms with Crippen molar-refractivity contribution in [3.63, 3.8) is 0 Å². The van der Waals surface area contributed by atoms with Gasteiger partial charge in [-0.3, -0.25) is 4.79 Å². The third kappa shape index (κ3) is 5.51. The van der Waals surface area contributed by atoms with E-state index in [1.54, 1.807) is 18.2 Å². The van der Waals surface area contributed by atoms with Crippen molar-refractivity contribution in [3.8, 4) is 5.75 Å². The zero-order valence-electron chi connectivity index (χ0n) is 12.6. The van der Waals surface area contributed by atoms with Crippen LogP contribution in [-0.2, 0) is 0 Å². The predicted octanol–water partition coefficient (Wildman–Crippen LogP) is 3.37. The molecule has 4 heteroatoms. The molecule has 0 aliphatic rings. The van der Waals surface area contributed by atoms with Crippen molar-refractivity contribution < 1.29 is 9.53 Å². The first-order chi connectivity index (χ1) is 9.69. The lowest BCUT2D eigenvalue weighted by molar-refractivity contribution is 0.0953. The molecule has 20 heavy (non-hydrogen) atoms. The number of nitrogens with one attached hydrogen (secondary N) is 1. The van der Waals surface area contributed by atoms with E-state index in [-0.39, 0.29) is 5.91 Å². The van der Waals surface area contributed by atoms with Gasteiger partial charge >= 0.3 is 0 Å². The van der Waals surface area contributed by atoms with E-state index in [2.05, 4.69) is 12.2 Å². The maximum Gasteiger partial charge on any atom is 0.251 e. The number of hydrogen-bond acceptors (Lipinski definition) is 3. The molecule has 0 unspecified atom stereocenters. The van der Waals surface area contributed by atoms with Crippen LogP contribution in [0.25, 0.3) is 0 Å². The molecule has 0 aliphatic heterocycles. The molecule has 0 heterocycles. The Balaban J connectivity index is 2.48. The third-order valence-electron chi connectivity index (χ3n) is 3.06. The Labute approximate surface area is 121 Å². The van der Waals surface area contributed by atoms with Crippen LogP contribution in [0.5, 0.6) is 5.75 Å². The zero-order valence-corrected chi connectivity index (χ0v) is 12.6. The fourth-order valence-corrected chi connectivity index (χ4v) is 1.87. The first kappa shape index (κ1) is 16.3. The Morgan fingerprint density at radius 3 is 2.65 bits per heavy atom. The van der Waals surface area contributed by atoms with Crippen LogP contribution < -0.4 is 15.8 Å². The van der Waals surface area contributed by atoms with Crippen LogP contribution in [0.1, 0.15) is 56.3 Å². The summed E-state index contributed by atoms with van der Waals surface area (Å²) in [7, 11) is 0. The van der Waals surface area contributed by atoms with Gasteiger partial charge in [0.25, 0.3) is 5.91 Å². The summed E-state index contributed by atoms with van der Waals surface area (Å²) in [6.45, 7) is 5.55. The summed E-state index contributed by atoms with van der Waals surface area (Å²) < 4.78 is 5.64. The van der Waals surface area contributed by atoms with E-state index in [0.717, 1.165) is 12.8 Å². The Morgan fingerprint density at radius 1 is 1.20 bits per heavy atom. The molecule has 0 bridgehead atoms. The average molecular weight is 278 g/mol. The van der Waals surface area contributed by atoms with Crippen LogP contribution in [0.4, 0.5) is 5.69 Å². The highest BCUT2D eigenvalue weighted by atomic mass is 16.5. The molecule has 0 saturated heterocycles. The smallest absolute Gasteiger partial charge is 0.251 e. The fraction of sp³-hybridized carbons (Fsp3) is 0.562. The lowest BCUT2D eigenvalue weighted by atomic mass is 10.1. The van der Waals surface area contributed by atoms with Crippen LogP contribution in [0.3, 0.4) is 0 Å². The van der Waals surface area contributed by atoms with Crippen molar-refractivity contribution in [1.82, 2.24) is 5.32 Å². The van der Waals surface area contributed by atoms with Gasteiger partial charge in [-0.1, -0.05) is 33.1 Å². The number of anilines is 1. The Hall–Kier alpha value is -1.71. The summed E-state index contributed by atoms with van der Waals surface area (Å²) in [4.78, 5) is 11.8. The SMILES string of the molecule is CCCCCCOc1ccc(C(=O)NCCC)cc1N. The minimum absolute atomic E-state index is 0.0898. The van der Waals surface area contributed by atoms with E-state index in [9.17, 15) is 4.79 Å². The van der Waals surface area contributed by atoms with E-state index in [4.69, 9.17) is 10.5 Å². The van der Waals surface area contributed by atoms with E-state index in [0.29, 0.717) is 30.2 Å². The van der Waals surface area contributed by atoms with Crippen LogP contribution in [0.2, 0.25) is 0 Å². The first-order valence-corrected chi connectivity index (χ1v) is 7.49. The monoisotopic (exact) mass is 278 g/mol. The predicted molar refractivity (Wildman–Crippen MR) is 83.1 cm³/mol. The number of carbonyl (C=O) groups is 1. The molecule has 1 aromatic rings. The molecule has 0 atom stereocenters. The van der Waals surface area contributed by atoms with Crippen molar-refractivity contribution in [2.75, 3.05) is 18.9 Å². The summed E-state index contributed by atoms with van der Waals surface area (Å²) in [5, 5.41) is 2.83. The van der Waals surface area contributed by atoms with Gasteiger partial charge in [-0.05, 0) is 31.0 Å². The summed E-state index contributed by atoms with van der Waals surface area (Å²) in [5.74, 6) is 0.571. The second-order valence-corrected chi connectivity index (χ2v) is 4.92. The minimum atomic E-state index is -0.0898. The number of benzene rings is 1. The Morgan fingerprint density at radius 2 is 2.00 bits per heavy atom. The molecule has 1 aromatic carbocycles. The number of unbranched alkanes of at least 4 members (excludes halogenated alkanes) is 3. The molecular weight excluding hydrogens is 252 g/mol. The molecule has 112 valence electrons. The normalized spacial score (nSPS) is 10.3. The van der Waals surface area contributed by atoms with E-state index in [1.807, 2.05) is 6.92 Å². The van der Waals surface area contributed by atoms with Gasteiger partial charge in [0.05, 0.1) is 12.3 Å². The fourth-order valence-electron chi connectivity index (χ4n) is 1.87. The Kier molecular flexibility index (Phi) is 7.55. The largest absolute Gasteiger partial charge is 0.491 e. The number of nitrogen functional groups attached to an aromatic ring is 1. The number of ether oxygens (including phenoxy) is 1. The van der Waals surface area contributed by atoms with E-state index >= 15 is 0 Å². The molecule has 4 nitrogen and oxygen atoms in total. The highest BCUT2D eigenvalue weighted by Gasteiger charge is 2.08. The summed E-state index contributed by atoms with van der Waals surface area (Å²) in [6.07, 6.45) is 5.57. The maximum atomic E-state index is 11.8. The van der Waals surface area contributed by atoms with Gasteiger partial charge in [-0.25, -0.2) is 0 Å². The Bertz CT molecular complexity index is 419. The van der Waals surface area contributed by atoms with Crippen molar-refractivity contribution in [1.29, 1.82) is 0 Å². The lowest BCUT2D eigenvalue weighted by Gasteiger charge is -2.10. The van der Waals surface area contributed by atoms with Gasteiger partial charge < -0.3 is 15.8 Å². The molecule has 0 radical (unpaired) electrons. The van der Waals surface area contributed by atoms with Gasteiger partial charge in [0.2, 0.25) is 0 Å². The number of amides is 1. The molecule has 0 fully saturated rings. The highest BCUT2D eigenvalue weighted by molar-refractivity contribution is 5.95. The number of rotatable bonds is 9. The zero-order chi connectivity index (χ0) is 14.8. The van der Waals surface area contributed by atoms with Crippen molar-refractivity contribution in [2.45, 2.75) is 46.0 Å². The van der Waals surface area contributed by atoms with Gasteiger partial charge in [0, 0.05) is 12.1 Å². The van der Waals surface area contributed by atoms with Gasteiger partial charge in [0.15, 0.2) is 0 Å².